The zero-order valence-electron chi connectivity index (χ0n) is 11.7. The Bertz CT molecular complexity index is 434. The van der Waals surface area contributed by atoms with Gasteiger partial charge in [0, 0.05) is 11.1 Å². The maximum atomic E-state index is 4.80. The van der Waals surface area contributed by atoms with E-state index in [1.54, 1.807) is 0 Å². The molecule has 0 aromatic carbocycles. The van der Waals surface area contributed by atoms with Crippen molar-refractivity contribution in [3.8, 4) is 0 Å². The third-order valence-corrected chi connectivity index (χ3v) is 3.17. The highest BCUT2D eigenvalue weighted by molar-refractivity contribution is 5.63. The minimum atomic E-state index is 0.0900. The first kappa shape index (κ1) is 13.0. The second kappa shape index (κ2) is 4.04. The molecule has 1 heterocycles. The molecule has 0 atom stereocenters. The molecule has 1 rings (SSSR count). The fourth-order valence-electron chi connectivity index (χ4n) is 2.06. The summed E-state index contributed by atoms with van der Waals surface area (Å²) in [7, 11) is 0. The van der Waals surface area contributed by atoms with Crippen LogP contribution in [0.3, 0.4) is 0 Å². The Balaban J connectivity index is 3.61. The van der Waals surface area contributed by atoms with Crippen LogP contribution in [0.25, 0.3) is 5.57 Å². The fraction of sp³-hybridized carbons (Fsp3) is 0.533. The van der Waals surface area contributed by atoms with Gasteiger partial charge in [0.25, 0.3) is 0 Å². The third-order valence-electron chi connectivity index (χ3n) is 3.17. The molecule has 0 saturated heterocycles. The second-order valence-electron chi connectivity index (χ2n) is 5.71. The van der Waals surface area contributed by atoms with Crippen molar-refractivity contribution < 1.29 is 0 Å². The molecule has 0 saturated carbocycles. The maximum Gasteiger partial charge on any atom is 0.0688 e. The molecule has 0 bridgehead atoms. The maximum absolute atomic E-state index is 4.80. The summed E-state index contributed by atoms with van der Waals surface area (Å²) in [6.45, 7) is 19.1. The predicted octanol–water partition coefficient (Wildman–Crippen LogP) is 4.34. The van der Waals surface area contributed by atoms with E-state index in [9.17, 15) is 0 Å². The summed E-state index contributed by atoms with van der Waals surface area (Å²) in [5, 5.41) is 0. The van der Waals surface area contributed by atoms with Gasteiger partial charge in [0.05, 0.1) is 5.69 Å². The second-order valence-corrected chi connectivity index (χ2v) is 5.71. The van der Waals surface area contributed by atoms with Crippen molar-refractivity contribution in [2.45, 2.75) is 53.9 Å². The average Bonchev–Trinajstić information content (AvgIpc) is 2.11. The highest BCUT2D eigenvalue weighted by Crippen LogP contribution is 2.30. The number of allylic oxidation sites excluding steroid dienone is 1. The van der Waals surface area contributed by atoms with Crippen molar-refractivity contribution in [1.29, 1.82) is 0 Å². The standard InChI is InChI=1S/C15H23N/c1-9(2)13-11(4)10(3)12(5)14(16-13)15(6,7)8/h1H2,2-8H3. The van der Waals surface area contributed by atoms with Gasteiger partial charge in [-0.15, -0.1) is 0 Å². The average molecular weight is 217 g/mol. The van der Waals surface area contributed by atoms with Crippen LogP contribution in [0.15, 0.2) is 6.58 Å². The van der Waals surface area contributed by atoms with Gasteiger partial charge in [0.1, 0.15) is 0 Å². The van der Waals surface area contributed by atoms with Crippen molar-refractivity contribution in [3.05, 3.63) is 34.7 Å². The molecular weight excluding hydrogens is 194 g/mol. The lowest BCUT2D eigenvalue weighted by atomic mass is 9.85. The van der Waals surface area contributed by atoms with Crippen molar-refractivity contribution in [3.63, 3.8) is 0 Å². The van der Waals surface area contributed by atoms with Gasteiger partial charge in [-0.25, -0.2) is 0 Å². The van der Waals surface area contributed by atoms with Crippen molar-refractivity contribution in [2.75, 3.05) is 0 Å². The summed E-state index contributed by atoms with van der Waals surface area (Å²) in [5.74, 6) is 0. The smallest absolute Gasteiger partial charge is 0.0688 e. The SMILES string of the molecule is C=C(C)c1nc(C(C)(C)C)c(C)c(C)c1C. The molecule has 1 heteroatoms. The van der Waals surface area contributed by atoms with Gasteiger partial charge in [-0.05, 0) is 50.0 Å². The third kappa shape index (κ3) is 2.18. The van der Waals surface area contributed by atoms with E-state index in [1.807, 2.05) is 6.92 Å². The van der Waals surface area contributed by atoms with Crippen LogP contribution in [0.4, 0.5) is 0 Å². The van der Waals surface area contributed by atoms with Crippen molar-refractivity contribution >= 4 is 5.57 Å². The first-order chi connectivity index (χ1) is 7.16. The summed E-state index contributed by atoms with van der Waals surface area (Å²) < 4.78 is 0. The van der Waals surface area contributed by atoms with Crippen LogP contribution in [-0.4, -0.2) is 4.98 Å². The van der Waals surface area contributed by atoms with E-state index >= 15 is 0 Å². The van der Waals surface area contributed by atoms with Gasteiger partial charge >= 0.3 is 0 Å². The number of hydrogen-bond acceptors (Lipinski definition) is 1. The molecule has 0 amide bonds. The molecule has 0 fully saturated rings. The molecular formula is C15H23N. The Labute approximate surface area is 99.6 Å². The number of nitrogens with zero attached hydrogens (tertiary/aromatic N) is 1. The van der Waals surface area contributed by atoms with E-state index in [0.717, 1.165) is 11.3 Å². The molecule has 88 valence electrons. The first-order valence-electron chi connectivity index (χ1n) is 5.80. The molecule has 16 heavy (non-hydrogen) atoms. The topological polar surface area (TPSA) is 12.9 Å². The molecule has 0 radical (unpaired) electrons. The van der Waals surface area contributed by atoms with Gasteiger partial charge in [-0.1, -0.05) is 27.4 Å². The number of hydrogen-bond donors (Lipinski definition) is 0. The Morgan fingerprint density at radius 3 is 1.88 bits per heavy atom. The number of rotatable bonds is 1. The molecule has 0 aliphatic carbocycles. The summed E-state index contributed by atoms with van der Waals surface area (Å²) in [6.07, 6.45) is 0. The Morgan fingerprint density at radius 2 is 1.50 bits per heavy atom. The highest BCUT2D eigenvalue weighted by atomic mass is 14.7. The van der Waals surface area contributed by atoms with E-state index < -0.39 is 0 Å². The van der Waals surface area contributed by atoms with Gasteiger partial charge in [-0.3, -0.25) is 4.98 Å². The highest BCUT2D eigenvalue weighted by Gasteiger charge is 2.21. The van der Waals surface area contributed by atoms with E-state index in [1.165, 1.54) is 22.4 Å². The van der Waals surface area contributed by atoms with Gasteiger partial charge < -0.3 is 0 Å². The Kier molecular flexibility index (Phi) is 3.27. The molecule has 1 aromatic rings. The number of pyridine rings is 1. The van der Waals surface area contributed by atoms with Gasteiger partial charge in [-0.2, -0.15) is 0 Å². The first-order valence-corrected chi connectivity index (χ1v) is 5.80. The van der Waals surface area contributed by atoms with Gasteiger partial charge in [0.2, 0.25) is 0 Å². The zero-order valence-corrected chi connectivity index (χ0v) is 11.7. The van der Waals surface area contributed by atoms with Crippen LogP contribution >= 0.6 is 0 Å². The fourth-order valence-corrected chi connectivity index (χ4v) is 2.06. The minimum Gasteiger partial charge on any atom is -0.252 e. The van der Waals surface area contributed by atoms with E-state index in [-0.39, 0.29) is 5.41 Å². The molecule has 1 nitrogen and oxygen atoms in total. The lowest BCUT2D eigenvalue weighted by Crippen LogP contribution is -2.18. The monoisotopic (exact) mass is 217 g/mol. The molecule has 0 aliphatic rings. The largest absolute Gasteiger partial charge is 0.252 e. The van der Waals surface area contributed by atoms with Crippen LogP contribution in [0.2, 0.25) is 0 Å². The molecule has 0 aliphatic heterocycles. The summed E-state index contributed by atoms with van der Waals surface area (Å²) in [4.78, 5) is 4.80. The van der Waals surface area contributed by atoms with Crippen LogP contribution < -0.4 is 0 Å². The Morgan fingerprint density at radius 1 is 1.00 bits per heavy atom. The van der Waals surface area contributed by atoms with Crippen LogP contribution in [-0.2, 0) is 5.41 Å². The van der Waals surface area contributed by atoms with Crippen LogP contribution in [0.1, 0.15) is 55.8 Å². The van der Waals surface area contributed by atoms with E-state index in [2.05, 4.69) is 48.1 Å². The van der Waals surface area contributed by atoms with E-state index in [4.69, 9.17) is 4.98 Å². The predicted molar refractivity (Wildman–Crippen MR) is 71.9 cm³/mol. The summed E-state index contributed by atoms with van der Waals surface area (Å²) in [6, 6.07) is 0. The Hall–Kier alpha value is -1.11. The summed E-state index contributed by atoms with van der Waals surface area (Å²) in [5.41, 5.74) is 7.31. The molecule has 0 N–H and O–H groups in total. The molecule has 0 unspecified atom stereocenters. The lowest BCUT2D eigenvalue weighted by molar-refractivity contribution is 0.562. The molecule has 1 aromatic heterocycles. The normalized spacial score (nSPS) is 11.7. The zero-order chi connectivity index (χ0) is 12.7. The van der Waals surface area contributed by atoms with Gasteiger partial charge in [0.15, 0.2) is 0 Å². The van der Waals surface area contributed by atoms with Crippen molar-refractivity contribution in [1.82, 2.24) is 4.98 Å². The van der Waals surface area contributed by atoms with Crippen LogP contribution in [0.5, 0.6) is 0 Å². The van der Waals surface area contributed by atoms with Crippen molar-refractivity contribution in [2.24, 2.45) is 0 Å². The molecule has 0 spiro atoms. The quantitative estimate of drug-likeness (QED) is 0.682. The van der Waals surface area contributed by atoms with E-state index in [0.29, 0.717) is 0 Å². The number of aromatic nitrogens is 1. The lowest BCUT2D eigenvalue weighted by Gasteiger charge is -2.24. The minimum absolute atomic E-state index is 0.0900. The van der Waals surface area contributed by atoms with Crippen LogP contribution in [0, 0.1) is 20.8 Å². The summed E-state index contributed by atoms with van der Waals surface area (Å²) >= 11 is 0.